The molecular formula is C21H32O2S. The molecule has 0 radical (unpaired) electrons. The van der Waals surface area contributed by atoms with Gasteiger partial charge in [0, 0.05) is 0 Å². The minimum atomic E-state index is -0.381. The second-order valence-corrected chi connectivity index (χ2v) is 7.51. The van der Waals surface area contributed by atoms with Crippen molar-refractivity contribution in [2.75, 3.05) is 0 Å². The quantitative estimate of drug-likeness (QED) is 0.300. The lowest BCUT2D eigenvalue weighted by atomic mass is 9.94. The fourth-order valence-electron chi connectivity index (χ4n) is 2.70. The lowest BCUT2D eigenvalue weighted by molar-refractivity contribution is -0.107. The smallest absolute Gasteiger partial charge is 0.220 e. The highest BCUT2D eigenvalue weighted by Crippen LogP contribution is 2.32. The molecule has 1 aliphatic rings. The molecule has 1 rings (SSSR count). The number of rotatable bonds is 9. The van der Waals surface area contributed by atoms with E-state index in [-0.39, 0.29) is 10.7 Å². The number of carbonyl (C=O) groups excluding carboxylic acids is 1. The zero-order chi connectivity index (χ0) is 18.2. The Morgan fingerprint density at radius 1 is 1.29 bits per heavy atom. The predicted molar refractivity (Wildman–Crippen MR) is 106 cm³/mol. The molecule has 0 aliphatic carbocycles. The van der Waals surface area contributed by atoms with Crippen LogP contribution in [-0.4, -0.2) is 10.7 Å². The van der Waals surface area contributed by atoms with Gasteiger partial charge in [0.25, 0.3) is 0 Å². The van der Waals surface area contributed by atoms with Crippen LogP contribution in [0, 0.1) is 0 Å². The topological polar surface area (TPSA) is 26.3 Å². The molecule has 0 aromatic heterocycles. The SMILES string of the molecule is CCCCC/C(C)=C/C1=C(C(=O)S)C=CC(C)(CCC=C(C)C)O1. The van der Waals surface area contributed by atoms with Gasteiger partial charge in [0.15, 0.2) is 0 Å². The van der Waals surface area contributed by atoms with Gasteiger partial charge in [-0.15, -0.1) is 12.6 Å². The van der Waals surface area contributed by atoms with Crippen LogP contribution in [-0.2, 0) is 9.53 Å². The Balaban J connectivity index is 2.90. The fraction of sp³-hybridized carbons (Fsp3) is 0.571. The molecule has 0 saturated heterocycles. The first kappa shape index (κ1) is 20.8. The zero-order valence-corrected chi connectivity index (χ0v) is 16.7. The monoisotopic (exact) mass is 348 g/mol. The second-order valence-electron chi connectivity index (χ2n) is 7.10. The first-order valence-corrected chi connectivity index (χ1v) is 9.38. The lowest BCUT2D eigenvalue weighted by Gasteiger charge is -2.32. The number of hydrogen-bond donors (Lipinski definition) is 1. The number of carbonyl (C=O) groups is 1. The minimum Gasteiger partial charge on any atom is -0.483 e. The highest BCUT2D eigenvalue weighted by molar-refractivity contribution is 7.97. The Morgan fingerprint density at radius 3 is 2.58 bits per heavy atom. The summed E-state index contributed by atoms with van der Waals surface area (Å²) < 4.78 is 6.22. The molecule has 0 amide bonds. The van der Waals surface area contributed by atoms with Crippen LogP contribution in [0.1, 0.15) is 73.1 Å². The lowest BCUT2D eigenvalue weighted by Crippen LogP contribution is -2.29. The molecule has 0 saturated carbocycles. The van der Waals surface area contributed by atoms with Gasteiger partial charge in [-0.2, -0.15) is 0 Å². The largest absolute Gasteiger partial charge is 0.483 e. The summed E-state index contributed by atoms with van der Waals surface area (Å²) in [6.45, 7) is 10.6. The molecular weight excluding hydrogens is 316 g/mol. The molecule has 0 spiro atoms. The van der Waals surface area contributed by atoms with Crippen molar-refractivity contribution < 1.29 is 9.53 Å². The summed E-state index contributed by atoms with van der Waals surface area (Å²) in [6.07, 6.45) is 14.6. The maximum Gasteiger partial charge on any atom is 0.220 e. The van der Waals surface area contributed by atoms with Crippen molar-refractivity contribution in [1.82, 2.24) is 0 Å². The maximum absolute atomic E-state index is 11.8. The van der Waals surface area contributed by atoms with Crippen molar-refractivity contribution in [3.8, 4) is 0 Å². The van der Waals surface area contributed by atoms with Crippen LogP contribution in [0.25, 0.3) is 0 Å². The molecule has 0 aromatic carbocycles. The highest BCUT2D eigenvalue weighted by atomic mass is 32.1. The van der Waals surface area contributed by atoms with Gasteiger partial charge >= 0.3 is 0 Å². The van der Waals surface area contributed by atoms with Crippen LogP contribution in [0.5, 0.6) is 0 Å². The van der Waals surface area contributed by atoms with E-state index in [4.69, 9.17) is 4.74 Å². The summed E-state index contributed by atoms with van der Waals surface area (Å²) in [5.74, 6) is 0.659. The number of thiol groups is 1. The van der Waals surface area contributed by atoms with E-state index in [9.17, 15) is 4.79 Å². The van der Waals surface area contributed by atoms with Crippen LogP contribution < -0.4 is 0 Å². The minimum absolute atomic E-state index is 0.245. The number of unbranched alkanes of at least 4 members (excludes halogenated alkanes) is 2. The fourth-order valence-corrected chi connectivity index (χ4v) is 2.88. The molecule has 1 aliphatic heterocycles. The highest BCUT2D eigenvalue weighted by Gasteiger charge is 2.28. The average Bonchev–Trinajstić information content (AvgIpc) is 2.46. The molecule has 1 atom stereocenters. The Labute approximate surface area is 153 Å². The molecule has 1 heterocycles. The molecule has 134 valence electrons. The van der Waals surface area contributed by atoms with E-state index in [1.54, 1.807) is 0 Å². The van der Waals surface area contributed by atoms with Crippen molar-refractivity contribution in [2.45, 2.75) is 78.7 Å². The first-order chi connectivity index (χ1) is 11.3. The Kier molecular flexibility index (Phi) is 8.61. The third-order valence-electron chi connectivity index (χ3n) is 4.19. The molecule has 0 fully saturated rings. The normalized spacial score (nSPS) is 20.8. The average molecular weight is 349 g/mol. The van der Waals surface area contributed by atoms with Crippen LogP contribution in [0.15, 0.2) is 46.8 Å². The van der Waals surface area contributed by atoms with Crippen LogP contribution in [0.3, 0.4) is 0 Å². The van der Waals surface area contributed by atoms with Crippen molar-refractivity contribution in [2.24, 2.45) is 0 Å². The van der Waals surface area contributed by atoms with E-state index in [0.29, 0.717) is 11.3 Å². The van der Waals surface area contributed by atoms with Gasteiger partial charge in [-0.1, -0.05) is 37.0 Å². The van der Waals surface area contributed by atoms with E-state index in [0.717, 1.165) is 19.3 Å². The number of allylic oxidation sites excluding steroid dienone is 5. The van der Waals surface area contributed by atoms with Gasteiger partial charge in [0.05, 0.1) is 5.57 Å². The second kappa shape index (κ2) is 9.93. The van der Waals surface area contributed by atoms with E-state index in [1.165, 1.54) is 30.4 Å². The summed E-state index contributed by atoms with van der Waals surface area (Å²) in [4.78, 5) is 11.8. The van der Waals surface area contributed by atoms with Gasteiger partial charge in [-0.25, -0.2) is 0 Å². The van der Waals surface area contributed by atoms with Gasteiger partial charge in [0.1, 0.15) is 11.4 Å². The van der Waals surface area contributed by atoms with Gasteiger partial charge < -0.3 is 4.74 Å². The van der Waals surface area contributed by atoms with E-state index in [1.807, 2.05) is 18.2 Å². The van der Waals surface area contributed by atoms with E-state index < -0.39 is 0 Å². The molecule has 2 nitrogen and oxygen atoms in total. The molecule has 0 bridgehead atoms. The number of ether oxygens (including phenoxy) is 1. The third kappa shape index (κ3) is 7.12. The summed E-state index contributed by atoms with van der Waals surface area (Å²) in [6, 6.07) is 0. The maximum atomic E-state index is 11.8. The Bertz CT molecular complexity index is 562. The molecule has 24 heavy (non-hydrogen) atoms. The van der Waals surface area contributed by atoms with Crippen LogP contribution in [0.2, 0.25) is 0 Å². The van der Waals surface area contributed by atoms with Crippen LogP contribution >= 0.6 is 12.6 Å². The molecule has 1 unspecified atom stereocenters. The van der Waals surface area contributed by atoms with E-state index in [2.05, 4.69) is 53.3 Å². The molecule has 0 N–H and O–H groups in total. The zero-order valence-electron chi connectivity index (χ0n) is 15.8. The number of hydrogen-bond acceptors (Lipinski definition) is 2. The van der Waals surface area contributed by atoms with Gasteiger partial charge in [0.2, 0.25) is 5.12 Å². The summed E-state index contributed by atoms with van der Waals surface area (Å²) in [5.41, 5.74) is 2.72. The van der Waals surface area contributed by atoms with Crippen molar-refractivity contribution in [3.05, 3.63) is 46.8 Å². The Hall–Kier alpha value is -1.22. The van der Waals surface area contributed by atoms with E-state index >= 15 is 0 Å². The molecule has 0 aromatic rings. The van der Waals surface area contributed by atoms with Gasteiger partial charge in [-0.3, -0.25) is 4.79 Å². The van der Waals surface area contributed by atoms with Crippen molar-refractivity contribution >= 4 is 17.7 Å². The molecule has 3 heteroatoms. The van der Waals surface area contributed by atoms with Crippen molar-refractivity contribution in [1.29, 1.82) is 0 Å². The summed E-state index contributed by atoms with van der Waals surface area (Å²) in [7, 11) is 0. The van der Waals surface area contributed by atoms with Crippen molar-refractivity contribution in [3.63, 3.8) is 0 Å². The summed E-state index contributed by atoms with van der Waals surface area (Å²) in [5, 5.41) is -0.245. The van der Waals surface area contributed by atoms with Crippen LogP contribution in [0.4, 0.5) is 0 Å². The summed E-state index contributed by atoms with van der Waals surface area (Å²) >= 11 is 4.00. The van der Waals surface area contributed by atoms with Gasteiger partial charge in [-0.05, 0) is 71.6 Å². The third-order valence-corrected chi connectivity index (χ3v) is 4.43. The first-order valence-electron chi connectivity index (χ1n) is 8.94. The predicted octanol–water partition coefficient (Wildman–Crippen LogP) is 6.32. The standard InChI is InChI=1S/C21H32O2S/c1-6-7-8-11-17(4)15-19-18(20(22)24)12-14-21(5,23-19)13-9-10-16(2)3/h10,12,14-15H,6-9,11,13H2,1-5H3,(H,22,24)/b17-15+. The Morgan fingerprint density at radius 2 is 2.00 bits per heavy atom.